The van der Waals surface area contributed by atoms with Gasteiger partial charge in [0.15, 0.2) is 5.82 Å². The van der Waals surface area contributed by atoms with E-state index in [1.807, 2.05) is 23.8 Å². The first-order chi connectivity index (χ1) is 9.69. The van der Waals surface area contributed by atoms with Crippen molar-refractivity contribution in [2.75, 3.05) is 6.61 Å². The molecule has 2 aromatic rings. The number of nitrogens with zero attached hydrogens (tertiary/aromatic N) is 2. The lowest BCUT2D eigenvalue weighted by Crippen LogP contribution is -2.10. The van der Waals surface area contributed by atoms with E-state index in [1.165, 1.54) is 0 Å². The summed E-state index contributed by atoms with van der Waals surface area (Å²) < 4.78 is 10.1. The Bertz CT molecular complexity index is 540. The Balaban J connectivity index is 1.81. The zero-order valence-corrected chi connectivity index (χ0v) is 13.0. The van der Waals surface area contributed by atoms with E-state index < -0.39 is 0 Å². The molecule has 2 rings (SSSR count). The lowest BCUT2D eigenvalue weighted by molar-refractivity contribution is -0.142. The molecule has 0 radical (unpaired) electrons. The van der Waals surface area contributed by atoms with Gasteiger partial charge in [-0.3, -0.25) is 4.79 Å². The lowest BCUT2D eigenvalue weighted by Gasteiger charge is -2.08. The molecule has 0 unspecified atom stereocenters. The minimum Gasteiger partial charge on any atom is -0.466 e. The van der Waals surface area contributed by atoms with Crippen molar-refractivity contribution in [1.29, 1.82) is 0 Å². The van der Waals surface area contributed by atoms with E-state index in [4.69, 9.17) is 9.26 Å². The van der Waals surface area contributed by atoms with Crippen LogP contribution in [0.5, 0.6) is 0 Å². The number of thiophene rings is 1. The predicted molar refractivity (Wildman–Crippen MR) is 79.6 cm³/mol. The van der Waals surface area contributed by atoms with Gasteiger partial charge in [-0.05, 0) is 18.4 Å². The Morgan fingerprint density at radius 3 is 3.15 bits per heavy atom. The Labute approximate surface area is 125 Å². The van der Waals surface area contributed by atoms with E-state index in [0.29, 0.717) is 30.5 Å². The normalized spacial score (nSPS) is 12.3. The molecule has 1 atom stereocenters. The first-order valence-corrected chi connectivity index (χ1v) is 8.30. The summed E-state index contributed by atoms with van der Waals surface area (Å²) in [6.07, 6.45) is 0.397. The van der Waals surface area contributed by atoms with E-state index in [2.05, 4.69) is 10.1 Å². The van der Waals surface area contributed by atoms with Crippen molar-refractivity contribution in [2.45, 2.75) is 31.3 Å². The van der Waals surface area contributed by atoms with Crippen molar-refractivity contribution in [2.24, 2.45) is 0 Å². The summed E-state index contributed by atoms with van der Waals surface area (Å²) in [4.78, 5) is 15.7. The molecule has 7 heteroatoms. The summed E-state index contributed by atoms with van der Waals surface area (Å²) in [5, 5.41) is 8.04. The van der Waals surface area contributed by atoms with Crippen molar-refractivity contribution in [3.63, 3.8) is 0 Å². The smallest absolute Gasteiger partial charge is 0.306 e. The molecule has 0 N–H and O–H groups in total. The Morgan fingerprint density at radius 1 is 1.60 bits per heavy atom. The average Bonchev–Trinajstić information content (AvgIpc) is 3.07. The quantitative estimate of drug-likeness (QED) is 0.730. The monoisotopic (exact) mass is 312 g/mol. The van der Waals surface area contributed by atoms with Crippen LogP contribution in [0.1, 0.15) is 26.1 Å². The summed E-state index contributed by atoms with van der Waals surface area (Å²) in [7, 11) is 0. The summed E-state index contributed by atoms with van der Waals surface area (Å²) in [6.45, 7) is 4.22. The van der Waals surface area contributed by atoms with Gasteiger partial charge in [0.05, 0.1) is 24.3 Å². The molecule has 0 aliphatic rings. The maximum atomic E-state index is 11.3. The molecule has 2 heterocycles. The summed E-state index contributed by atoms with van der Waals surface area (Å²) in [5.41, 5.74) is 0.943. The van der Waals surface area contributed by atoms with Gasteiger partial charge in [0.1, 0.15) is 0 Å². The molecule has 5 nitrogen and oxygen atoms in total. The Kier molecular flexibility index (Phi) is 5.60. The topological polar surface area (TPSA) is 65.2 Å². The second kappa shape index (κ2) is 7.44. The van der Waals surface area contributed by atoms with Crippen LogP contribution in [0.3, 0.4) is 0 Å². The van der Waals surface area contributed by atoms with Gasteiger partial charge < -0.3 is 9.26 Å². The fourth-order valence-corrected chi connectivity index (χ4v) is 2.98. The van der Waals surface area contributed by atoms with Gasteiger partial charge in [0, 0.05) is 10.6 Å². The largest absolute Gasteiger partial charge is 0.466 e. The zero-order valence-electron chi connectivity index (χ0n) is 11.4. The molecule has 0 aromatic carbocycles. The van der Waals surface area contributed by atoms with Gasteiger partial charge in [0.25, 0.3) is 5.89 Å². The molecule has 0 aliphatic heterocycles. The van der Waals surface area contributed by atoms with Crippen molar-refractivity contribution in [3.8, 4) is 11.5 Å². The molecule has 0 spiro atoms. The van der Waals surface area contributed by atoms with Crippen LogP contribution in [0.15, 0.2) is 21.3 Å². The van der Waals surface area contributed by atoms with Gasteiger partial charge in [-0.25, -0.2) is 0 Å². The number of thioether (sulfide) groups is 1. The average molecular weight is 312 g/mol. The van der Waals surface area contributed by atoms with E-state index in [0.717, 1.165) is 5.56 Å². The maximum Gasteiger partial charge on any atom is 0.306 e. The first kappa shape index (κ1) is 15.1. The first-order valence-electron chi connectivity index (χ1n) is 6.31. The third kappa shape index (κ3) is 4.35. The van der Waals surface area contributed by atoms with Gasteiger partial charge in [-0.2, -0.15) is 16.3 Å². The molecule has 0 aliphatic carbocycles. The highest BCUT2D eigenvalue weighted by molar-refractivity contribution is 7.99. The lowest BCUT2D eigenvalue weighted by atomic mass is 10.3. The molecule has 0 saturated heterocycles. The summed E-state index contributed by atoms with van der Waals surface area (Å²) in [6, 6.07) is 1.94. The minimum atomic E-state index is -0.167. The zero-order chi connectivity index (χ0) is 14.4. The van der Waals surface area contributed by atoms with Crippen LogP contribution in [0.25, 0.3) is 11.5 Å². The number of hydrogen-bond acceptors (Lipinski definition) is 7. The van der Waals surface area contributed by atoms with Crippen LogP contribution in [0, 0.1) is 0 Å². The van der Waals surface area contributed by atoms with Crippen molar-refractivity contribution in [3.05, 3.63) is 22.7 Å². The molecule has 0 amide bonds. The molecular weight excluding hydrogens is 296 g/mol. The standard InChI is InChI=1S/C13H16N2O3S2/c1-3-17-12(16)6-9(2)20-8-11-14-13(18-15-11)10-4-5-19-7-10/h4-5,7,9H,3,6,8H2,1-2H3/t9-/m1/s1. The SMILES string of the molecule is CCOC(=O)C[C@@H](C)SCc1noc(-c2ccsc2)n1. The van der Waals surface area contributed by atoms with Crippen molar-refractivity contribution >= 4 is 29.1 Å². The van der Waals surface area contributed by atoms with E-state index >= 15 is 0 Å². The van der Waals surface area contributed by atoms with Crippen LogP contribution in [-0.2, 0) is 15.3 Å². The van der Waals surface area contributed by atoms with Crippen LogP contribution in [0.2, 0.25) is 0 Å². The molecule has 0 fully saturated rings. The highest BCUT2D eigenvalue weighted by atomic mass is 32.2. The summed E-state index contributed by atoms with van der Waals surface area (Å²) in [5.74, 6) is 1.64. The van der Waals surface area contributed by atoms with E-state index in [9.17, 15) is 4.79 Å². The molecule has 2 aromatic heterocycles. The van der Waals surface area contributed by atoms with Crippen LogP contribution >= 0.6 is 23.1 Å². The molecular formula is C13H16N2O3S2. The minimum absolute atomic E-state index is 0.164. The Hall–Kier alpha value is -1.34. The third-order valence-corrected chi connectivity index (χ3v) is 4.34. The van der Waals surface area contributed by atoms with Gasteiger partial charge in [-0.15, -0.1) is 11.8 Å². The molecule has 20 heavy (non-hydrogen) atoms. The maximum absolute atomic E-state index is 11.3. The predicted octanol–water partition coefficient (Wildman–Crippen LogP) is 3.37. The number of hydrogen-bond donors (Lipinski definition) is 0. The number of aromatic nitrogens is 2. The molecule has 0 saturated carbocycles. The number of ether oxygens (including phenoxy) is 1. The number of rotatable bonds is 7. The number of carbonyl (C=O) groups is 1. The molecule has 108 valence electrons. The third-order valence-electron chi connectivity index (χ3n) is 2.49. The fraction of sp³-hybridized carbons (Fsp3) is 0.462. The highest BCUT2D eigenvalue weighted by Gasteiger charge is 2.13. The second-order valence-electron chi connectivity index (χ2n) is 4.16. The van der Waals surface area contributed by atoms with Crippen LogP contribution < -0.4 is 0 Å². The fourth-order valence-electron chi connectivity index (χ4n) is 1.55. The van der Waals surface area contributed by atoms with Crippen LogP contribution in [-0.4, -0.2) is 28.0 Å². The van der Waals surface area contributed by atoms with Crippen LogP contribution in [0.4, 0.5) is 0 Å². The van der Waals surface area contributed by atoms with Crippen molar-refractivity contribution in [1.82, 2.24) is 10.1 Å². The Morgan fingerprint density at radius 2 is 2.45 bits per heavy atom. The summed E-state index contributed by atoms with van der Waals surface area (Å²) >= 11 is 3.20. The molecule has 0 bridgehead atoms. The van der Waals surface area contributed by atoms with E-state index in [-0.39, 0.29) is 11.2 Å². The van der Waals surface area contributed by atoms with Gasteiger partial charge >= 0.3 is 5.97 Å². The number of carbonyl (C=O) groups excluding carboxylic acids is 1. The van der Waals surface area contributed by atoms with Gasteiger partial charge in [0.2, 0.25) is 0 Å². The van der Waals surface area contributed by atoms with E-state index in [1.54, 1.807) is 30.0 Å². The van der Waals surface area contributed by atoms with Gasteiger partial charge in [-0.1, -0.05) is 12.1 Å². The van der Waals surface area contributed by atoms with Crippen molar-refractivity contribution < 1.29 is 14.1 Å². The second-order valence-corrected chi connectivity index (χ2v) is 6.37. The highest BCUT2D eigenvalue weighted by Crippen LogP contribution is 2.23. The number of esters is 1.